The largest absolute Gasteiger partial charge is 0.508 e. The van der Waals surface area contributed by atoms with Gasteiger partial charge in [-0.2, -0.15) is 10.5 Å². The normalized spacial score (nSPS) is 9.90. The summed E-state index contributed by atoms with van der Waals surface area (Å²) in [6.07, 6.45) is 4.36. The second kappa shape index (κ2) is 24.3. The highest BCUT2D eigenvalue weighted by atomic mass is 35.5. The molecule has 0 atom stereocenters. The van der Waals surface area contributed by atoms with Crippen molar-refractivity contribution in [3.8, 4) is 45.9 Å². The van der Waals surface area contributed by atoms with Crippen LogP contribution in [-0.4, -0.2) is 27.5 Å². The summed E-state index contributed by atoms with van der Waals surface area (Å²) < 4.78 is 57.3. The minimum atomic E-state index is -1.08. The van der Waals surface area contributed by atoms with Gasteiger partial charge in [0.1, 0.15) is 58.0 Å². The lowest BCUT2D eigenvalue weighted by Crippen LogP contribution is -2.09. The molecule has 0 aliphatic rings. The Hall–Kier alpha value is -6.66. The highest BCUT2D eigenvalue weighted by molar-refractivity contribution is 6.40. The summed E-state index contributed by atoms with van der Waals surface area (Å²) >= 11 is 9.53. The number of nitriles is 2. The molecule has 0 fully saturated rings. The topological polar surface area (TPSA) is 131 Å². The lowest BCUT2D eigenvalue weighted by atomic mass is 10.0. The van der Waals surface area contributed by atoms with E-state index in [2.05, 4.69) is 50.2 Å². The Kier molecular flexibility index (Phi) is 19.3. The zero-order valence-electron chi connectivity index (χ0n) is 32.4. The molecule has 0 aliphatic carbocycles. The number of benzene rings is 6. The molecular weight excluding hydrogens is 819 g/mol. The molecule has 0 radical (unpaired) electrons. The molecule has 0 spiro atoms. The highest BCUT2D eigenvalue weighted by Crippen LogP contribution is 2.25. The van der Waals surface area contributed by atoms with Gasteiger partial charge < -0.3 is 14.9 Å². The number of nitrogens with zero attached hydrogens (tertiary/aromatic N) is 2. The number of phenolic OH excluding ortho intramolecular Hbond substituents is 1. The van der Waals surface area contributed by atoms with Crippen LogP contribution in [0.4, 0.5) is 17.6 Å². The predicted molar refractivity (Wildman–Crippen MR) is 224 cm³/mol. The SMILES string of the molecule is CCCc1ccc(-c2ccc(C(=O)O)cc2)cc1.CCCc1ccc(-c2ccc(C(=O)Oc3cc(F)c(C#N)c(F)c3)cc2)cc1.ClCCl.N#Cc1c(F)cc(O)cc1F. The minimum absolute atomic E-state index is 0.194. The summed E-state index contributed by atoms with van der Waals surface area (Å²) in [6, 6.07) is 36.1. The van der Waals surface area contributed by atoms with Crippen LogP contribution < -0.4 is 4.74 Å². The fourth-order valence-electron chi connectivity index (χ4n) is 5.46. The van der Waals surface area contributed by atoms with Gasteiger partial charge >= 0.3 is 11.9 Å². The van der Waals surface area contributed by atoms with Gasteiger partial charge in [0.2, 0.25) is 0 Å². The molecular formula is C47H38Cl2F4N2O5. The third-order valence-electron chi connectivity index (χ3n) is 8.38. The first-order valence-corrected chi connectivity index (χ1v) is 19.3. The number of phenols is 1. The van der Waals surface area contributed by atoms with E-state index in [0.29, 0.717) is 17.7 Å². The van der Waals surface area contributed by atoms with Crippen molar-refractivity contribution in [3.63, 3.8) is 0 Å². The summed E-state index contributed by atoms with van der Waals surface area (Å²) in [6.45, 7) is 4.30. The van der Waals surface area contributed by atoms with Gasteiger partial charge in [0.25, 0.3) is 0 Å². The van der Waals surface area contributed by atoms with Crippen molar-refractivity contribution in [1.29, 1.82) is 10.5 Å². The summed E-state index contributed by atoms with van der Waals surface area (Å²) in [4.78, 5) is 23.0. The number of aromatic carboxylic acids is 1. The lowest BCUT2D eigenvalue weighted by Gasteiger charge is -2.07. The number of hydrogen-bond acceptors (Lipinski definition) is 6. The van der Waals surface area contributed by atoms with Gasteiger partial charge in [0.05, 0.1) is 16.5 Å². The Morgan fingerprint density at radius 1 is 0.583 bits per heavy atom. The lowest BCUT2D eigenvalue weighted by molar-refractivity contribution is 0.0694. The van der Waals surface area contributed by atoms with Crippen molar-refractivity contribution in [3.05, 3.63) is 178 Å². The number of alkyl halides is 2. The first kappa shape index (κ1) is 47.7. The molecule has 6 aromatic carbocycles. The average Bonchev–Trinajstić information content (AvgIpc) is 3.22. The number of ether oxygens (including phenoxy) is 1. The van der Waals surface area contributed by atoms with Gasteiger partial charge in [-0.25, -0.2) is 27.2 Å². The molecule has 60 heavy (non-hydrogen) atoms. The second-order valence-corrected chi connectivity index (χ2v) is 13.4. The number of aryl methyl sites for hydroxylation is 2. The number of carbonyl (C=O) groups is 2. The fourth-order valence-corrected chi connectivity index (χ4v) is 5.46. The number of halogens is 6. The first-order chi connectivity index (χ1) is 28.8. The van der Waals surface area contributed by atoms with Gasteiger partial charge in [0.15, 0.2) is 0 Å². The van der Waals surface area contributed by atoms with Crippen molar-refractivity contribution in [2.24, 2.45) is 0 Å². The van der Waals surface area contributed by atoms with Crippen molar-refractivity contribution < 1.29 is 42.1 Å². The van der Waals surface area contributed by atoms with Gasteiger partial charge in [-0.3, -0.25) is 0 Å². The van der Waals surface area contributed by atoms with Crippen LogP contribution in [0.3, 0.4) is 0 Å². The van der Waals surface area contributed by atoms with Gasteiger partial charge in [0, 0.05) is 24.3 Å². The zero-order chi connectivity index (χ0) is 44.2. The van der Waals surface area contributed by atoms with Crippen molar-refractivity contribution in [2.45, 2.75) is 39.5 Å². The minimum Gasteiger partial charge on any atom is -0.508 e. The van der Waals surface area contributed by atoms with E-state index < -0.39 is 52.1 Å². The molecule has 0 bridgehead atoms. The smallest absolute Gasteiger partial charge is 0.343 e. The molecule has 7 nitrogen and oxygen atoms in total. The summed E-state index contributed by atoms with van der Waals surface area (Å²) in [5.74, 6) is -6.71. The van der Waals surface area contributed by atoms with E-state index >= 15 is 0 Å². The maximum Gasteiger partial charge on any atom is 0.343 e. The molecule has 0 unspecified atom stereocenters. The van der Waals surface area contributed by atoms with Gasteiger partial charge in [-0.1, -0.05) is 99.5 Å². The molecule has 0 aliphatic heterocycles. The standard InChI is InChI=1S/C23H17F2NO2.C16H16O2.C7H3F2NO.CH2Cl2/c1-2-3-15-4-6-16(7-5-15)17-8-10-18(11-9-17)23(27)28-19-12-21(24)20(14-26)22(25)13-19;1-2-3-12-4-6-13(7-5-12)14-8-10-15(11-9-14)16(17)18;8-6-1-4(11)2-7(9)5(6)3-10;2-1-3/h4-13H,2-3H2,1H3;4-11H,2-3H2,1H3,(H,17,18);1-2,11H;1H2. The molecule has 0 saturated carbocycles. The third-order valence-corrected chi connectivity index (χ3v) is 8.38. The molecule has 0 heterocycles. The van der Waals surface area contributed by atoms with Gasteiger partial charge in [-0.05, 0) is 70.5 Å². The molecule has 2 N–H and O–H groups in total. The molecule has 0 saturated heterocycles. The van der Waals surface area contributed by atoms with Crippen LogP contribution in [0.5, 0.6) is 11.5 Å². The van der Waals surface area contributed by atoms with Crippen LogP contribution in [0, 0.1) is 45.9 Å². The summed E-state index contributed by atoms with van der Waals surface area (Å²) in [5.41, 5.74) is 5.91. The molecule has 6 rings (SSSR count). The van der Waals surface area contributed by atoms with Crippen LogP contribution in [0.2, 0.25) is 0 Å². The number of rotatable bonds is 9. The Bertz CT molecular complexity index is 2390. The van der Waals surface area contributed by atoms with E-state index in [1.165, 1.54) is 23.3 Å². The number of aromatic hydroxyl groups is 1. The third kappa shape index (κ3) is 14.3. The Balaban J connectivity index is 0.000000256. The Morgan fingerprint density at radius 3 is 1.22 bits per heavy atom. The molecule has 6 aromatic rings. The number of carbonyl (C=O) groups excluding carboxylic acids is 1. The number of carboxylic acids is 1. The summed E-state index contributed by atoms with van der Waals surface area (Å²) in [5, 5.41) is 34.5. The highest BCUT2D eigenvalue weighted by Gasteiger charge is 2.15. The second-order valence-electron chi connectivity index (χ2n) is 12.6. The summed E-state index contributed by atoms with van der Waals surface area (Å²) in [7, 11) is 0. The van der Waals surface area contributed by atoms with E-state index in [0.717, 1.165) is 60.1 Å². The van der Waals surface area contributed by atoms with Crippen LogP contribution in [-0.2, 0) is 12.8 Å². The predicted octanol–water partition coefficient (Wildman–Crippen LogP) is 12.6. The van der Waals surface area contributed by atoms with E-state index in [1.807, 2.05) is 24.3 Å². The van der Waals surface area contributed by atoms with Crippen LogP contribution in [0.15, 0.2) is 121 Å². The monoisotopic (exact) mass is 856 g/mol. The van der Waals surface area contributed by atoms with Gasteiger partial charge in [-0.15, -0.1) is 23.2 Å². The van der Waals surface area contributed by atoms with Crippen LogP contribution in [0.25, 0.3) is 22.3 Å². The van der Waals surface area contributed by atoms with E-state index in [4.69, 9.17) is 48.7 Å². The zero-order valence-corrected chi connectivity index (χ0v) is 33.9. The Labute approximate surface area is 355 Å². The number of hydrogen-bond donors (Lipinski definition) is 2. The van der Waals surface area contributed by atoms with Crippen LogP contribution >= 0.6 is 23.2 Å². The maximum absolute atomic E-state index is 13.6. The average molecular weight is 858 g/mol. The molecule has 308 valence electrons. The Morgan fingerprint density at radius 2 is 0.900 bits per heavy atom. The van der Waals surface area contributed by atoms with Crippen LogP contribution in [0.1, 0.15) is 69.7 Å². The van der Waals surface area contributed by atoms with E-state index in [9.17, 15) is 27.2 Å². The quantitative estimate of drug-likeness (QED) is 0.0640. The van der Waals surface area contributed by atoms with Crippen molar-refractivity contribution >= 4 is 35.1 Å². The first-order valence-electron chi connectivity index (χ1n) is 18.2. The van der Waals surface area contributed by atoms with E-state index in [1.54, 1.807) is 36.4 Å². The fraction of sp³-hybridized carbons (Fsp3) is 0.149. The van der Waals surface area contributed by atoms with Crippen molar-refractivity contribution in [2.75, 3.05) is 5.34 Å². The van der Waals surface area contributed by atoms with E-state index in [-0.39, 0.29) is 16.7 Å². The molecule has 0 aromatic heterocycles. The number of carboxylic acid groups (broad SMARTS) is 1. The molecule has 0 amide bonds. The maximum atomic E-state index is 13.6. The number of esters is 1. The van der Waals surface area contributed by atoms with Crippen molar-refractivity contribution in [1.82, 2.24) is 0 Å². The molecule has 13 heteroatoms.